The number of fused-ring (bicyclic) bond motifs is 1. The van der Waals surface area contributed by atoms with Gasteiger partial charge in [-0.3, -0.25) is 4.79 Å². The summed E-state index contributed by atoms with van der Waals surface area (Å²) in [5, 5.41) is 1.46. The minimum atomic E-state index is -1.83. The van der Waals surface area contributed by atoms with Crippen LogP contribution in [0.15, 0.2) is 41.1 Å². The lowest BCUT2D eigenvalue weighted by atomic mass is 9.83. The zero-order chi connectivity index (χ0) is 20.7. The third-order valence-corrected chi connectivity index (χ3v) is 15.0. The largest absolute Gasteiger partial charge is 0.413 e. The summed E-state index contributed by atoms with van der Waals surface area (Å²) in [5.74, 6) is 0.770. The van der Waals surface area contributed by atoms with E-state index in [1.54, 1.807) is 0 Å². The molecule has 154 valence electrons. The van der Waals surface area contributed by atoms with E-state index in [4.69, 9.17) is 4.43 Å². The fourth-order valence-corrected chi connectivity index (χ4v) is 9.72. The lowest BCUT2D eigenvalue weighted by molar-refractivity contribution is -0.115. The van der Waals surface area contributed by atoms with Crippen LogP contribution in [0.2, 0.25) is 31.2 Å². The Morgan fingerprint density at radius 3 is 2.32 bits per heavy atom. The van der Waals surface area contributed by atoms with E-state index in [0.717, 1.165) is 25.3 Å². The van der Waals surface area contributed by atoms with E-state index in [1.165, 1.54) is 16.3 Å². The zero-order valence-corrected chi connectivity index (χ0v) is 20.9. The lowest BCUT2D eigenvalue weighted by Crippen LogP contribution is -2.46. The van der Waals surface area contributed by atoms with Crippen LogP contribution in [-0.2, 0) is 15.3 Å². The molecule has 1 fully saturated rings. The topological polar surface area (TPSA) is 26.3 Å². The van der Waals surface area contributed by atoms with Gasteiger partial charge in [-0.05, 0) is 48.6 Å². The molecule has 1 aromatic carbocycles. The number of allylic oxidation sites excluding steroid dienone is 1. The summed E-state index contributed by atoms with van der Waals surface area (Å²) in [7, 11) is -3.65. The normalized spacial score (nSPS) is 23.9. The Labute approximate surface area is 173 Å². The summed E-state index contributed by atoms with van der Waals surface area (Å²) in [6, 6.07) is 11.8. The average molecular weight is 415 g/mol. The van der Waals surface area contributed by atoms with Crippen LogP contribution in [0, 0.1) is 5.92 Å². The van der Waals surface area contributed by atoms with Gasteiger partial charge in [0, 0.05) is 12.3 Å². The quantitative estimate of drug-likeness (QED) is 0.516. The summed E-state index contributed by atoms with van der Waals surface area (Å²) >= 11 is 0. The molecule has 28 heavy (non-hydrogen) atoms. The van der Waals surface area contributed by atoms with Crippen molar-refractivity contribution < 1.29 is 9.22 Å². The van der Waals surface area contributed by atoms with E-state index in [2.05, 4.69) is 77.3 Å². The highest BCUT2D eigenvalue weighted by Crippen LogP contribution is 2.47. The van der Waals surface area contributed by atoms with Gasteiger partial charge in [0.15, 0.2) is 14.1 Å². The second kappa shape index (κ2) is 7.69. The molecule has 3 rings (SSSR count). The molecular weight excluding hydrogens is 376 g/mol. The summed E-state index contributed by atoms with van der Waals surface area (Å²) in [5.41, 5.74) is 2.85. The van der Waals surface area contributed by atoms with Gasteiger partial charge in [0.25, 0.3) is 0 Å². The molecule has 1 aromatic rings. The van der Waals surface area contributed by atoms with Gasteiger partial charge < -0.3 is 4.43 Å². The SMILES string of the molecule is CC(C)(C)[Si](C)(C)O[C@@H]1CCCC2=C([Si](C)(C)Cc3ccccc3)C(=O)C[C@H]21. The molecule has 0 N–H and O–H groups in total. The van der Waals surface area contributed by atoms with Crippen LogP contribution in [0.4, 0.5) is 0 Å². The molecule has 0 amide bonds. The maximum atomic E-state index is 13.2. The predicted octanol–water partition coefficient (Wildman–Crippen LogP) is 6.48. The Balaban J connectivity index is 1.88. The van der Waals surface area contributed by atoms with E-state index in [-0.39, 0.29) is 11.1 Å². The van der Waals surface area contributed by atoms with Crippen molar-refractivity contribution in [2.75, 3.05) is 0 Å². The smallest absolute Gasteiger partial charge is 0.192 e. The van der Waals surface area contributed by atoms with Gasteiger partial charge in [-0.1, -0.05) is 75.3 Å². The third-order valence-electron chi connectivity index (χ3n) is 7.25. The molecule has 0 bridgehead atoms. The van der Waals surface area contributed by atoms with E-state index < -0.39 is 16.4 Å². The van der Waals surface area contributed by atoms with E-state index in [9.17, 15) is 4.79 Å². The van der Waals surface area contributed by atoms with Crippen LogP contribution in [0.1, 0.15) is 52.0 Å². The van der Waals surface area contributed by atoms with Crippen molar-refractivity contribution in [1.82, 2.24) is 0 Å². The molecule has 2 aliphatic rings. The van der Waals surface area contributed by atoms with E-state index in [1.807, 2.05) is 0 Å². The Hall–Kier alpha value is -0.976. The molecule has 0 spiro atoms. The molecule has 0 saturated heterocycles. The second-order valence-electron chi connectivity index (χ2n) is 11.0. The number of benzene rings is 1. The summed E-state index contributed by atoms with van der Waals surface area (Å²) in [6.07, 6.45) is 4.32. The van der Waals surface area contributed by atoms with Gasteiger partial charge in [-0.25, -0.2) is 0 Å². The maximum absolute atomic E-state index is 13.2. The van der Waals surface area contributed by atoms with Gasteiger partial charge in [-0.15, -0.1) is 0 Å². The first-order chi connectivity index (χ1) is 12.9. The molecule has 2 atom stereocenters. The van der Waals surface area contributed by atoms with Crippen LogP contribution < -0.4 is 0 Å². The number of Topliss-reactive ketones (excluding diaryl/α,β-unsaturated/α-hetero) is 1. The first-order valence-electron chi connectivity index (χ1n) is 10.9. The second-order valence-corrected chi connectivity index (χ2v) is 20.4. The van der Waals surface area contributed by atoms with Crippen molar-refractivity contribution in [3.05, 3.63) is 46.7 Å². The number of hydrogen-bond donors (Lipinski definition) is 0. The maximum Gasteiger partial charge on any atom is 0.192 e. The van der Waals surface area contributed by atoms with Crippen molar-refractivity contribution in [3.63, 3.8) is 0 Å². The number of hydrogen-bond acceptors (Lipinski definition) is 2. The minimum absolute atomic E-state index is 0.209. The number of carbonyl (C=O) groups excluding carboxylic acids is 1. The summed E-state index contributed by atoms with van der Waals surface area (Å²) in [6.45, 7) is 16.4. The lowest BCUT2D eigenvalue weighted by Gasteiger charge is -2.43. The van der Waals surface area contributed by atoms with Crippen LogP contribution >= 0.6 is 0 Å². The first-order valence-corrected chi connectivity index (χ1v) is 17.0. The van der Waals surface area contributed by atoms with Gasteiger partial charge in [0.05, 0.1) is 14.2 Å². The fraction of sp³-hybridized carbons (Fsp3) is 0.625. The van der Waals surface area contributed by atoms with Crippen molar-refractivity contribution in [2.45, 2.75) is 89.8 Å². The highest BCUT2D eigenvalue weighted by atomic mass is 28.4. The summed E-state index contributed by atoms with van der Waals surface area (Å²) < 4.78 is 6.85. The van der Waals surface area contributed by atoms with Gasteiger partial charge in [0.1, 0.15) is 0 Å². The average Bonchev–Trinajstić information content (AvgIpc) is 2.92. The highest BCUT2D eigenvalue weighted by molar-refractivity contribution is 6.88. The van der Waals surface area contributed by atoms with Crippen LogP contribution in [0.25, 0.3) is 0 Å². The highest BCUT2D eigenvalue weighted by Gasteiger charge is 2.48. The van der Waals surface area contributed by atoms with Crippen molar-refractivity contribution in [3.8, 4) is 0 Å². The molecule has 0 aromatic heterocycles. The molecular formula is C24H38O2Si2. The Morgan fingerprint density at radius 2 is 1.71 bits per heavy atom. The molecule has 4 heteroatoms. The minimum Gasteiger partial charge on any atom is -0.413 e. The predicted molar refractivity (Wildman–Crippen MR) is 124 cm³/mol. The number of rotatable bonds is 5. The van der Waals surface area contributed by atoms with Gasteiger partial charge >= 0.3 is 0 Å². The van der Waals surface area contributed by atoms with E-state index >= 15 is 0 Å². The van der Waals surface area contributed by atoms with Gasteiger partial charge in [-0.2, -0.15) is 0 Å². The Morgan fingerprint density at radius 1 is 1.07 bits per heavy atom. The summed E-state index contributed by atoms with van der Waals surface area (Å²) in [4.78, 5) is 13.2. The van der Waals surface area contributed by atoms with Crippen LogP contribution in [0.5, 0.6) is 0 Å². The number of carbonyl (C=O) groups is 1. The van der Waals surface area contributed by atoms with Crippen molar-refractivity contribution in [2.24, 2.45) is 5.92 Å². The Bertz CT molecular complexity index is 757. The standard InChI is InChI=1S/C24H38O2Si2/c1-24(2,3)28(6,7)26-22-15-11-14-19-20(22)16-21(25)23(19)27(4,5)17-18-12-9-8-10-13-18/h8-10,12-13,20,22H,11,14-17H2,1-7H3/t20-,22-/m1/s1. The zero-order valence-electron chi connectivity index (χ0n) is 18.9. The van der Waals surface area contributed by atoms with Gasteiger partial charge in [0.2, 0.25) is 0 Å². The molecule has 2 aliphatic carbocycles. The molecule has 1 saturated carbocycles. The van der Waals surface area contributed by atoms with Crippen molar-refractivity contribution >= 4 is 22.2 Å². The molecule has 0 radical (unpaired) electrons. The monoisotopic (exact) mass is 414 g/mol. The molecule has 0 unspecified atom stereocenters. The Kier molecular flexibility index (Phi) is 5.97. The van der Waals surface area contributed by atoms with Crippen molar-refractivity contribution in [1.29, 1.82) is 0 Å². The van der Waals surface area contributed by atoms with Crippen LogP contribution in [0.3, 0.4) is 0 Å². The van der Waals surface area contributed by atoms with Crippen LogP contribution in [-0.4, -0.2) is 28.3 Å². The van der Waals surface area contributed by atoms with E-state index in [0.29, 0.717) is 18.1 Å². The first kappa shape index (κ1) is 21.7. The fourth-order valence-electron chi connectivity index (χ4n) is 4.85. The number of ketones is 1. The molecule has 2 nitrogen and oxygen atoms in total. The molecule has 0 aliphatic heterocycles. The third kappa shape index (κ3) is 4.29. The molecule has 0 heterocycles.